The number of ether oxygens (including phenoxy) is 1. The Morgan fingerprint density at radius 1 is 1.75 bits per heavy atom. The molecule has 0 aliphatic carbocycles. The minimum Gasteiger partial charge on any atom is -0.447 e. The number of nitrogens with zero attached hydrogens (tertiary/aromatic N) is 2. The second-order valence-corrected chi connectivity index (χ2v) is 2.19. The largest absolute Gasteiger partial charge is 0.447 e. The van der Waals surface area contributed by atoms with Gasteiger partial charge in [0.1, 0.15) is 11.6 Å². The number of rotatable bonds is 2. The Morgan fingerprint density at radius 2 is 2.50 bits per heavy atom. The number of aliphatic hydroxyl groups is 1. The Bertz CT molecular complexity index is 304. The minimum atomic E-state index is -0.952. The summed E-state index contributed by atoms with van der Waals surface area (Å²) in [7, 11) is 0. The predicted molar refractivity (Wildman–Crippen MR) is 41.3 cm³/mol. The predicted octanol–water partition coefficient (Wildman–Crippen LogP) is 0.670. The lowest BCUT2D eigenvalue weighted by atomic mass is 10.3. The lowest BCUT2D eigenvalue weighted by Gasteiger charge is -2.07. The SMILES string of the molecule is CC(O)Oc1ncccc1C#N. The number of aliphatic hydroxyl groups excluding tert-OH is 1. The fourth-order valence-corrected chi connectivity index (χ4v) is 0.731. The van der Waals surface area contributed by atoms with Crippen LogP contribution in [0.25, 0.3) is 0 Å². The van der Waals surface area contributed by atoms with E-state index >= 15 is 0 Å². The Morgan fingerprint density at radius 3 is 3.08 bits per heavy atom. The molecule has 0 spiro atoms. The maximum Gasteiger partial charge on any atom is 0.233 e. The molecule has 1 atom stereocenters. The molecule has 0 bridgehead atoms. The van der Waals surface area contributed by atoms with E-state index < -0.39 is 6.29 Å². The van der Waals surface area contributed by atoms with E-state index in [0.29, 0.717) is 5.56 Å². The molecule has 0 amide bonds. The fraction of sp³-hybridized carbons (Fsp3) is 0.250. The van der Waals surface area contributed by atoms with Crippen LogP contribution in [-0.2, 0) is 0 Å². The van der Waals surface area contributed by atoms with Crippen molar-refractivity contribution in [1.29, 1.82) is 5.26 Å². The zero-order valence-electron chi connectivity index (χ0n) is 6.56. The molecular formula is C8H8N2O2. The Labute approximate surface area is 70.0 Å². The number of aromatic nitrogens is 1. The van der Waals surface area contributed by atoms with Crippen molar-refractivity contribution >= 4 is 0 Å². The molecule has 1 N–H and O–H groups in total. The van der Waals surface area contributed by atoms with Crippen LogP contribution < -0.4 is 4.74 Å². The molecule has 12 heavy (non-hydrogen) atoms. The molecule has 4 heteroatoms. The van der Waals surface area contributed by atoms with Gasteiger partial charge in [-0.15, -0.1) is 0 Å². The van der Waals surface area contributed by atoms with Crippen LogP contribution in [0.5, 0.6) is 5.88 Å². The second-order valence-electron chi connectivity index (χ2n) is 2.19. The molecule has 0 fully saturated rings. The van der Waals surface area contributed by atoms with Crippen molar-refractivity contribution in [2.24, 2.45) is 0 Å². The Balaban J connectivity index is 2.91. The van der Waals surface area contributed by atoms with Crippen molar-refractivity contribution in [3.63, 3.8) is 0 Å². The maximum absolute atomic E-state index is 8.85. The van der Waals surface area contributed by atoms with Crippen LogP contribution in [0.2, 0.25) is 0 Å². The highest BCUT2D eigenvalue weighted by Gasteiger charge is 2.05. The molecule has 1 heterocycles. The first-order valence-electron chi connectivity index (χ1n) is 3.44. The summed E-state index contributed by atoms with van der Waals surface area (Å²) in [5, 5.41) is 17.4. The van der Waals surface area contributed by atoms with Gasteiger partial charge in [-0.1, -0.05) is 0 Å². The summed E-state index contributed by atoms with van der Waals surface area (Å²) in [5.74, 6) is 0.162. The van der Waals surface area contributed by atoms with Gasteiger partial charge in [-0.2, -0.15) is 5.26 Å². The summed E-state index contributed by atoms with van der Waals surface area (Å²) in [5.41, 5.74) is 0.318. The van der Waals surface area contributed by atoms with Crippen LogP contribution in [0.1, 0.15) is 12.5 Å². The van der Waals surface area contributed by atoms with Crippen LogP contribution >= 0.6 is 0 Å². The van der Waals surface area contributed by atoms with Crippen molar-refractivity contribution in [3.05, 3.63) is 23.9 Å². The van der Waals surface area contributed by atoms with Gasteiger partial charge in [-0.25, -0.2) is 4.98 Å². The van der Waals surface area contributed by atoms with Gasteiger partial charge in [0.15, 0.2) is 6.29 Å². The molecule has 0 radical (unpaired) electrons. The van der Waals surface area contributed by atoms with E-state index in [1.165, 1.54) is 13.1 Å². The van der Waals surface area contributed by atoms with Gasteiger partial charge >= 0.3 is 0 Å². The number of hydrogen-bond donors (Lipinski definition) is 1. The van der Waals surface area contributed by atoms with Crippen LogP contribution in [0.4, 0.5) is 0 Å². The monoisotopic (exact) mass is 164 g/mol. The molecule has 1 aromatic heterocycles. The lowest BCUT2D eigenvalue weighted by Crippen LogP contribution is -2.11. The smallest absolute Gasteiger partial charge is 0.233 e. The standard InChI is InChI=1S/C8H8N2O2/c1-6(11)12-8-7(5-9)3-2-4-10-8/h2-4,6,11H,1H3. The van der Waals surface area contributed by atoms with Gasteiger partial charge in [-0.05, 0) is 19.1 Å². The second kappa shape index (κ2) is 3.69. The average molecular weight is 164 g/mol. The molecule has 1 rings (SSSR count). The first-order valence-corrected chi connectivity index (χ1v) is 3.44. The van der Waals surface area contributed by atoms with Crippen LogP contribution in [-0.4, -0.2) is 16.4 Å². The van der Waals surface area contributed by atoms with Gasteiger partial charge in [0, 0.05) is 6.20 Å². The zero-order valence-corrected chi connectivity index (χ0v) is 6.56. The topological polar surface area (TPSA) is 66.1 Å². The van der Waals surface area contributed by atoms with E-state index in [1.54, 1.807) is 12.1 Å². The normalized spacial score (nSPS) is 11.8. The van der Waals surface area contributed by atoms with Gasteiger partial charge in [0.25, 0.3) is 0 Å². The van der Waals surface area contributed by atoms with E-state index in [1.807, 2.05) is 6.07 Å². The third-order valence-corrected chi connectivity index (χ3v) is 1.17. The maximum atomic E-state index is 8.85. The van der Waals surface area contributed by atoms with Crippen molar-refractivity contribution in [2.45, 2.75) is 13.2 Å². The van der Waals surface area contributed by atoms with E-state index in [0.717, 1.165) is 0 Å². The zero-order chi connectivity index (χ0) is 8.97. The van der Waals surface area contributed by atoms with Crippen LogP contribution in [0.3, 0.4) is 0 Å². The average Bonchev–Trinajstić information content (AvgIpc) is 2.04. The fourth-order valence-electron chi connectivity index (χ4n) is 0.731. The van der Waals surface area contributed by atoms with Crippen molar-refractivity contribution in [1.82, 2.24) is 4.98 Å². The highest BCUT2D eigenvalue weighted by atomic mass is 16.6. The molecule has 0 aliphatic rings. The number of nitriles is 1. The third-order valence-electron chi connectivity index (χ3n) is 1.17. The van der Waals surface area contributed by atoms with Gasteiger partial charge in [0.2, 0.25) is 5.88 Å². The van der Waals surface area contributed by atoms with E-state index in [9.17, 15) is 0 Å². The van der Waals surface area contributed by atoms with Crippen LogP contribution in [0, 0.1) is 11.3 Å². The lowest BCUT2D eigenvalue weighted by molar-refractivity contribution is -0.00392. The summed E-state index contributed by atoms with van der Waals surface area (Å²) in [6, 6.07) is 5.11. The van der Waals surface area contributed by atoms with Crippen molar-refractivity contribution in [2.75, 3.05) is 0 Å². The summed E-state index contributed by atoms with van der Waals surface area (Å²) in [4.78, 5) is 3.78. The molecular weight excluding hydrogens is 156 g/mol. The minimum absolute atomic E-state index is 0.162. The molecule has 4 nitrogen and oxygen atoms in total. The van der Waals surface area contributed by atoms with Gasteiger partial charge in [0.05, 0.1) is 0 Å². The summed E-state index contributed by atoms with van der Waals surface area (Å²) < 4.78 is 4.86. The summed E-state index contributed by atoms with van der Waals surface area (Å²) in [6.45, 7) is 1.45. The van der Waals surface area contributed by atoms with E-state index in [4.69, 9.17) is 15.1 Å². The van der Waals surface area contributed by atoms with Crippen molar-refractivity contribution < 1.29 is 9.84 Å². The molecule has 62 valence electrons. The Kier molecular flexibility index (Phi) is 2.62. The van der Waals surface area contributed by atoms with E-state index in [2.05, 4.69) is 4.98 Å². The highest BCUT2D eigenvalue weighted by molar-refractivity contribution is 5.36. The number of hydrogen-bond acceptors (Lipinski definition) is 4. The first-order chi connectivity index (χ1) is 5.74. The number of pyridine rings is 1. The van der Waals surface area contributed by atoms with Gasteiger partial charge in [-0.3, -0.25) is 0 Å². The summed E-state index contributed by atoms with van der Waals surface area (Å²) >= 11 is 0. The van der Waals surface area contributed by atoms with Crippen molar-refractivity contribution in [3.8, 4) is 11.9 Å². The molecule has 1 aromatic rings. The third kappa shape index (κ3) is 1.94. The van der Waals surface area contributed by atoms with E-state index in [-0.39, 0.29) is 5.88 Å². The molecule has 1 unspecified atom stereocenters. The van der Waals surface area contributed by atoms with Gasteiger partial charge < -0.3 is 9.84 Å². The molecule has 0 saturated carbocycles. The molecule has 0 aliphatic heterocycles. The molecule has 0 aromatic carbocycles. The first kappa shape index (κ1) is 8.50. The van der Waals surface area contributed by atoms with Crippen LogP contribution in [0.15, 0.2) is 18.3 Å². The Hall–Kier alpha value is -1.60. The summed E-state index contributed by atoms with van der Waals surface area (Å²) in [6.07, 6.45) is 0.547. The molecule has 0 saturated heterocycles. The highest BCUT2D eigenvalue weighted by Crippen LogP contribution is 2.13. The quantitative estimate of drug-likeness (QED) is 0.652.